The smallest absolute Gasteiger partial charge is 0.237 e. The van der Waals surface area contributed by atoms with E-state index < -0.39 is 6.04 Å². The van der Waals surface area contributed by atoms with Crippen LogP contribution in [0.1, 0.15) is 40.0 Å². The number of aliphatic hydroxyl groups is 1. The van der Waals surface area contributed by atoms with E-state index in [1.807, 2.05) is 20.8 Å². The van der Waals surface area contributed by atoms with Crippen molar-refractivity contribution in [2.75, 3.05) is 0 Å². The minimum absolute atomic E-state index is 0.0981. The second kappa shape index (κ2) is 4.49. The highest BCUT2D eigenvalue weighted by Gasteiger charge is 2.31. The first-order valence-electron chi connectivity index (χ1n) is 5.54. The van der Waals surface area contributed by atoms with Crippen molar-refractivity contribution in [3.05, 3.63) is 0 Å². The maximum absolute atomic E-state index is 11.7. The van der Waals surface area contributed by atoms with Crippen LogP contribution < -0.4 is 11.1 Å². The Morgan fingerprint density at radius 1 is 1.47 bits per heavy atom. The maximum atomic E-state index is 11.7. The predicted octanol–water partition coefficient (Wildman–Crippen LogP) is 0.389. The van der Waals surface area contributed by atoms with E-state index in [-0.39, 0.29) is 23.5 Å². The van der Waals surface area contributed by atoms with Gasteiger partial charge in [0.25, 0.3) is 0 Å². The van der Waals surface area contributed by atoms with Gasteiger partial charge in [-0.3, -0.25) is 4.79 Å². The second-order valence-electron chi connectivity index (χ2n) is 5.52. The van der Waals surface area contributed by atoms with Gasteiger partial charge in [0.15, 0.2) is 0 Å². The minimum atomic E-state index is -0.491. The summed E-state index contributed by atoms with van der Waals surface area (Å²) in [6, 6.07) is -0.392. The SMILES string of the molecule is CC(C)(C)[C@H](N)C(=O)NC1CCC(O)C1. The summed E-state index contributed by atoms with van der Waals surface area (Å²) < 4.78 is 0. The third-order valence-corrected chi connectivity index (χ3v) is 2.97. The van der Waals surface area contributed by atoms with Crippen LogP contribution in [0.3, 0.4) is 0 Å². The largest absolute Gasteiger partial charge is 0.393 e. The van der Waals surface area contributed by atoms with E-state index in [1.54, 1.807) is 0 Å². The first-order chi connectivity index (χ1) is 6.80. The molecular weight excluding hydrogens is 192 g/mol. The number of hydrogen-bond donors (Lipinski definition) is 3. The van der Waals surface area contributed by atoms with Crippen molar-refractivity contribution in [1.82, 2.24) is 5.32 Å². The van der Waals surface area contributed by atoms with Crippen molar-refractivity contribution in [1.29, 1.82) is 0 Å². The molecule has 1 aliphatic rings. The Morgan fingerprint density at radius 2 is 2.07 bits per heavy atom. The van der Waals surface area contributed by atoms with Crippen LogP contribution in [0.25, 0.3) is 0 Å². The van der Waals surface area contributed by atoms with Gasteiger partial charge < -0.3 is 16.2 Å². The molecule has 0 bridgehead atoms. The lowest BCUT2D eigenvalue weighted by Gasteiger charge is -2.27. The Balaban J connectivity index is 2.42. The topological polar surface area (TPSA) is 75.4 Å². The normalized spacial score (nSPS) is 28.9. The second-order valence-corrected chi connectivity index (χ2v) is 5.52. The zero-order valence-corrected chi connectivity index (χ0v) is 9.79. The molecule has 1 amide bonds. The first kappa shape index (κ1) is 12.5. The van der Waals surface area contributed by atoms with E-state index in [0.29, 0.717) is 6.42 Å². The van der Waals surface area contributed by atoms with Gasteiger partial charge >= 0.3 is 0 Å². The molecule has 0 saturated heterocycles. The summed E-state index contributed by atoms with van der Waals surface area (Å²) in [6.45, 7) is 5.84. The summed E-state index contributed by atoms with van der Waals surface area (Å²) in [5.74, 6) is -0.110. The molecule has 0 radical (unpaired) electrons. The lowest BCUT2D eigenvalue weighted by Crippen LogP contribution is -2.51. The van der Waals surface area contributed by atoms with Gasteiger partial charge in [0.2, 0.25) is 5.91 Å². The molecule has 0 aromatic carbocycles. The molecule has 0 aromatic heterocycles. The highest BCUT2D eigenvalue weighted by atomic mass is 16.3. The molecule has 3 atom stereocenters. The number of nitrogens with one attached hydrogen (secondary N) is 1. The Hall–Kier alpha value is -0.610. The molecule has 2 unspecified atom stereocenters. The highest BCUT2D eigenvalue weighted by molar-refractivity contribution is 5.82. The fourth-order valence-corrected chi connectivity index (χ4v) is 1.77. The van der Waals surface area contributed by atoms with Gasteiger partial charge in [0.1, 0.15) is 0 Å². The lowest BCUT2D eigenvalue weighted by atomic mass is 9.87. The zero-order valence-electron chi connectivity index (χ0n) is 9.79. The van der Waals surface area contributed by atoms with E-state index in [9.17, 15) is 9.90 Å². The Morgan fingerprint density at radius 3 is 2.47 bits per heavy atom. The zero-order chi connectivity index (χ0) is 11.6. The Bertz CT molecular complexity index is 235. The van der Waals surface area contributed by atoms with E-state index in [2.05, 4.69) is 5.32 Å². The molecule has 4 nitrogen and oxygen atoms in total. The summed E-state index contributed by atoms with van der Waals surface area (Å²) in [5.41, 5.74) is 5.61. The molecule has 0 spiro atoms. The number of carbonyl (C=O) groups is 1. The van der Waals surface area contributed by atoms with Gasteiger partial charge in [-0.05, 0) is 24.7 Å². The van der Waals surface area contributed by atoms with E-state index in [0.717, 1.165) is 12.8 Å². The summed E-state index contributed by atoms with van der Waals surface area (Å²) in [4.78, 5) is 11.7. The van der Waals surface area contributed by atoms with Crippen LogP contribution in [0.2, 0.25) is 0 Å². The van der Waals surface area contributed by atoms with Crippen LogP contribution in [0, 0.1) is 5.41 Å². The van der Waals surface area contributed by atoms with Crippen molar-refractivity contribution < 1.29 is 9.90 Å². The third-order valence-electron chi connectivity index (χ3n) is 2.97. The Kier molecular flexibility index (Phi) is 3.73. The third kappa shape index (κ3) is 3.47. The lowest BCUT2D eigenvalue weighted by molar-refractivity contribution is -0.125. The number of nitrogens with two attached hydrogens (primary N) is 1. The maximum Gasteiger partial charge on any atom is 0.237 e. The molecule has 1 aliphatic carbocycles. The van der Waals surface area contributed by atoms with Gasteiger partial charge in [-0.2, -0.15) is 0 Å². The van der Waals surface area contributed by atoms with Gasteiger partial charge in [-0.1, -0.05) is 20.8 Å². The van der Waals surface area contributed by atoms with Crippen LogP contribution in [-0.4, -0.2) is 29.2 Å². The molecule has 88 valence electrons. The summed E-state index contributed by atoms with van der Waals surface area (Å²) in [5, 5.41) is 12.2. The number of hydrogen-bond acceptors (Lipinski definition) is 3. The van der Waals surface area contributed by atoms with Gasteiger partial charge in [-0.15, -0.1) is 0 Å². The Labute approximate surface area is 91.2 Å². The summed E-state index contributed by atoms with van der Waals surface area (Å²) >= 11 is 0. The van der Waals surface area contributed by atoms with Crippen molar-refractivity contribution in [2.45, 2.75) is 58.2 Å². The minimum Gasteiger partial charge on any atom is -0.393 e. The molecule has 15 heavy (non-hydrogen) atoms. The van der Waals surface area contributed by atoms with Crippen molar-refractivity contribution >= 4 is 5.91 Å². The number of rotatable bonds is 2. The first-order valence-corrected chi connectivity index (χ1v) is 5.54. The number of aliphatic hydroxyl groups excluding tert-OH is 1. The van der Waals surface area contributed by atoms with Crippen LogP contribution in [0.15, 0.2) is 0 Å². The number of amides is 1. The molecule has 1 fully saturated rings. The molecule has 0 heterocycles. The van der Waals surface area contributed by atoms with Gasteiger partial charge in [0.05, 0.1) is 12.1 Å². The van der Waals surface area contributed by atoms with Crippen molar-refractivity contribution in [3.63, 3.8) is 0 Å². The highest BCUT2D eigenvalue weighted by Crippen LogP contribution is 2.21. The standard InChI is InChI=1S/C11H22N2O2/c1-11(2,3)9(12)10(15)13-7-4-5-8(14)6-7/h7-9,14H,4-6,12H2,1-3H3,(H,13,15)/t7?,8?,9-/m1/s1. The molecule has 4 N–H and O–H groups in total. The van der Waals surface area contributed by atoms with E-state index >= 15 is 0 Å². The van der Waals surface area contributed by atoms with Crippen molar-refractivity contribution in [3.8, 4) is 0 Å². The summed E-state index contributed by atoms with van der Waals surface area (Å²) in [6.07, 6.45) is 2.02. The fraction of sp³-hybridized carbons (Fsp3) is 0.909. The van der Waals surface area contributed by atoms with Gasteiger partial charge in [-0.25, -0.2) is 0 Å². The summed E-state index contributed by atoms with van der Waals surface area (Å²) in [7, 11) is 0. The fourth-order valence-electron chi connectivity index (χ4n) is 1.77. The molecular formula is C11H22N2O2. The quantitative estimate of drug-likeness (QED) is 0.622. The molecule has 4 heteroatoms. The van der Waals surface area contributed by atoms with Crippen molar-refractivity contribution in [2.24, 2.45) is 11.1 Å². The number of carbonyl (C=O) groups excluding carboxylic acids is 1. The molecule has 0 aromatic rings. The molecule has 1 saturated carbocycles. The van der Waals surface area contributed by atoms with Gasteiger partial charge in [0, 0.05) is 6.04 Å². The predicted molar refractivity (Wildman–Crippen MR) is 59.2 cm³/mol. The average molecular weight is 214 g/mol. The molecule has 0 aliphatic heterocycles. The monoisotopic (exact) mass is 214 g/mol. The van der Waals surface area contributed by atoms with E-state index in [1.165, 1.54) is 0 Å². The van der Waals surface area contributed by atoms with Crippen LogP contribution in [-0.2, 0) is 4.79 Å². The van der Waals surface area contributed by atoms with E-state index in [4.69, 9.17) is 5.73 Å². The van der Waals surface area contributed by atoms with Crippen LogP contribution in [0.4, 0.5) is 0 Å². The molecule has 1 rings (SSSR count). The van der Waals surface area contributed by atoms with Crippen LogP contribution >= 0.6 is 0 Å². The average Bonchev–Trinajstić information content (AvgIpc) is 2.48. The van der Waals surface area contributed by atoms with Crippen LogP contribution in [0.5, 0.6) is 0 Å².